The topological polar surface area (TPSA) is 74.5 Å². The van der Waals surface area contributed by atoms with Gasteiger partial charge in [0.25, 0.3) is 5.56 Å². The fraction of sp³-hybridized carbons (Fsp3) is 0.526. The summed E-state index contributed by atoms with van der Waals surface area (Å²) in [6.07, 6.45) is 0. The highest BCUT2D eigenvalue weighted by Gasteiger charge is 2.23. The molecule has 0 amide bonds. The van der Waals surface area contributed by atoms with Crippen molar-refractivity contribution in [3.63, 3.8) is 0 Å². The SMILES string of the molecule is CCn1c(N2CCN(CCO)CC2)nc2c(sc3nc(C)cc(C)c32)c1=O. The zero-order chi connectivity index (χ0) is 19.1. The van der Waals surface area contributed by atoms with Crippen LogP contribution in [-0.4, -0.2) is 63.9 Å². The molecule has 0 saturated carbocycles. The second-order valence-corrected chi connectivity index (χ2v) is 8.05. The number of anilines is 1. The third-order valence-corrected chi connectivity index (χ3v) is 6.30. The number of hydrogen-bond acceptors (Lipinski definition) is 7. The van der Waals surface area contributed by atoms with E-state index in [4.69, 9.17) is 10.1 Å². The Balaban J connectivity index is 1.86. The first-order chi connectivity index (χ1) is 13.0. The Morgan fingerprint density at radius 3 is 2.59 bits per heavy atom. The number of pyridine rings is 1. The number of aliphatic hydroxyl groups excluding tert-OH is 1. The van der Waals surface area contributed by atoms with Crippen molar-refractivity contribution < 1.29 is 5.11 Å². The largest absolute Gasteiger partial charge is 0.395 e. The van der Waals surface area contributed by atoms with Gasteiger partial charge in [-0.1, -0.05) is 0 Å². The van der Waals surface area contributed by atoms with Gasteiger partial charge >= 0.3 is 0 Å². The molecule has 1 saturated heterocycles. The van der Waals surface area contributed by atoms with E-state index >= 15 is 0 Å². The summed E-state index contributed by atoms with van der Waals surface area (Å²) < 4.78 is 2.47. The van der Waals surface area contributed by atoms with Crippen molar-refractivity contribution >= 4 is 37.7 Å². The highest BCUT2D eigenvalue weighted by atomic mass is 32.1. The number of aliphatic hydroxyl groups is 1. The molecule has 1 aliphatic rings. The summed E-state index contributed by atoms with van der Waals surface area (Å²) >= 11 is 1.45. The molecule has 0 aromatic carbocycles. The first-order valence-electron chi connectivity index (χ1n) is 9.43. The van der Waals surface area contributed by atoms with Gasteiger partial charge in [-0.05, 0) is 32.4 Å². The third-order valence-electron chi connectivity index (χ3n) is 5.24. The van der Waals surface area contributed by atoms with Crippen molar-refractivity contribution in [1.29, 1.82) is 0 Å². The molecule has 0 bridgehead atoms. The zero-order valence-corrected chi connectivity index (χ0v) is 16.8. The molecule has 0 aliphatic carbocycles. The van der Waals surface area contributed by atoms with E-state index in [-0.39, 0.29) is 12.2 Å². The van der Waals surface area contributed by atoms with Crippen LogP contribution in [0.2, 0.25) is 0 Å². The number of aryl methyl sites for hydroxylation is 2. The Kier molecular flexibility index (Phi) is 4.88. The number of β-amino-alcohol motifs (C(OH)–C–C–N with tert-alkyl or cyclic N) is 1. The first kappa shape index (κ1) is 18.3. The number of fused-ring (bicyclic) bond motifs is 3. The lowest BCUT2D eigenvalue weighted by atomic mass is 10.1. The summed E-state index contributed by atoms with van der Waals surface area (Å²) in [7, 11) is 0. The third kappa shape index (κ3) is 3.11. The maximum atomic E-state index is 13.2. The van der Waals surface area contributed by atoms with E-state index in [2.05, 4.69) is 27.8 Å². The van der Waals surface area contributed by atoms with Gasteiger partial charge in [-0.25, -0.2) is 9.97 Å². The van der Waals surface area contributed by atoms with E-state index in [9.17, 15) is 4.79 Å². The fourth-order valence-corrected chi connectivity index (χ4v) is 5.07. The van der Waals surface area contributed by atoms with Crippen LogP contribution in [0.15, 0.2) is 10.9 Å². The van der Waals surface area contributed by atoms with Crippen LogP contribution < -0.4 is 10.5 Å². The van der Waals surface area contributed by atoms with E-state index in [1.807, 2.05) is 13.8 Å². The highest BCUT2D eigenvalue weighted by Crippen LogP contribution is 2.33. The van der Waals surface area contributed by atoms with Crippen molar-refractivity contribution in [3.8, 4) is 0 Å². The molecule has 27 heavy (non-hydrogen) atoms. The van der Waals surface area contributed by atoms with Crippen LogP contribution in [0.5, 0.6) is 0 Å². The molecule has 1 aliphatic heterocycles. The van der Waals surface area contributed by atoms with Crippen LogP contribution in [-0.2, 0) is 6.54 Å². The molecular formula is C19H25N5O2S. The molecule has 0 atom stereocenters. The summed E-state index contributed by atoms with van der Waals surface area (Å²) in [5, 5.41) is 10.1. The molecule has 8 heteroatoms. The van der Waals surface area contributed by atoms with Crippen LogP contribution in [0.25, 0.3) is 20.4 Å². The molecule has 0 unspecified atom stereocenters. The minimum Gasteiger partial charge on any atom is -0.395 e. The minimum atomic E-state index is 0.0235. The van der Waals surface area contributed by atoms with Crippen LogP contribution in [0.3, 0.4) is 0 Å². The molecule has 1 N–H and O–H groups in total. The van der Waals surface area contributed by atoms with Gasteiger partial charge in [0.05, 0.1) is 6.61 Å². The van der Waals surface area contributed by atoms with Gasteiger partial charge in [-0.3, -0.25) is 14.3 Å². The second-order valence-electron chi connectivity index (χ2n) is 7.05. The van der Waals surface area contributed by atoms with Gasteiger partial charge < -0.3 is 10.0 Å². The fourth-order valence-electron chi connectivity index (χ4n) is 3.89. The second kappa shape index (κ2) is 7.18. The Hall–Kier alpha value is -2.03. The molecular weight excluding hydrogens is 362 g/mol. The predicted molar refractivity (Wildman–Crippen MR) is 110 cm³/mol. The van der Waals surface area contributed by atoms with E-state index < -0.39 is 0 Å². The van der Waals surface area contributed by atoms with E-state index in [1.54, 1.807) is 4.57 Å². The molecule has 0 radical (unpaired) electrons. The Morgan fingerprint density at radius 1 is 1.19 bits per heavy atom. The summed E-state index contributed by atoms with van der Waals surface area (Å²) in [5.41, 5.74) is 2.88. The van der Waals surface area contributed by atoms with Crippen molar-refractivity contribution in [2.45, 2.75) is 27.3 Å². The van der Waals surface area contributed by atoms with E-state index in [0.717, 1.165) is 59.1 Å². The lowest BCUT2D eigenvalue weighted by Gasteiger charge is -2.35. The molecule has 1 fully saturated rings. The van der Waals surface area contributed by atoms with Gasteiger partial charge in [-0.2, -0.15) is 0 Å². The van der Waals surface area contributed by atoms with Crippen LogP contribution in [0.1, 0.15) is 18.2 Å². The molecule has 0 spiro atoms. The van der Waals surface area contributed by atoms with Crippen LogP contribution in [0.4, 0.5) is 5.95 Å². The summed E-state index contributed by atoms with van der Waals surface area (Å²) in [4.78, 5) is 28.1. The van der Waals surface area contributed by atoms with Crippen molar-refractivity contribution in [3.05, 3.63) is 27.7 Å². The molecule has 7 nitrogen and oxygen atoms in total. The average Bonchev–Trinajstić information content (AvgIpc) is 3.01. The van der Waals surface area contributed by atoms with E-state index in [1.165, 1.54) is 11.3 Å². The quantitative estimate of drug-likeness (QED) is 0.735. The predicted octanol–water partition coefficient (Wildman–Crippen LogP) is 1.76. The zero-order valence-electron chi connectivity index (χ0n) is 16.0. The Labute approximate surface area is 161 Å². The summed E-state index contributed by atoms with van der Waals surface area (Å²) in [5.74, 6) is 0.748. The molecule has 4 heterocycles. The van der Waals surface area contributed by atoms with Gasteiger partial charge in [0, 0.05) is 50.3 Å². The average molecular weight is 388 g/mol. The summed E-state index contributed by atoms with van der Waals surface area (Å²) in [6, 6.07) is 2.05. The van der Waals surface area contributed by atoms with E-state index in [0.29, 0.717) is 17.8 Å². The van der Waals surface area contributed by atoms with Gasteiger partial charge in [0.15, 0.2) is 0 Å². The lowest BCUT2D eigenvalue weighted by Crippen LogP contribution is -2.49. The van der Waals surface area contributed by atoms with Crippen LogP contribution in [0, 0.1) is 13.8 Å². The number of rotatable bonds is 4. The van der Waals surface area contributed by atoms with Crippen molar-refractivity contribution in [2.24, 2.45) is 0 Å². The number of aromatic nitrogens is 3. The molecule has 3 aromatic rings. The summed E-state index contributed by atoms with van der Waals surface area (Å²) in [6.45, 7) is 10.8. The van der Waals surface area contributed by atoms with Gasteiger partial charge in [0.2, 0.25) is 5.95 Å². The number of nitrogens with zero attached hydrogens (tertiary/aromatic N) is 5. The monoisotopic (exact) mass is 387 g/mol. The number of thiophene rings is 1. The minimum absolute atomic E-state index is 0.0235. The molecule has 3 aromatic heterocycles. The maximum absolute atomic E-state index is 13.2. The van der Waals surface area contributed by atoms with Gasteiger partial charge in [0.1, 0.15) is 15.0 Å². The Morgan fingerprint density at radius 2 is 1.93 bits per heavy atom. The number of piperazine rings is 1. The number of hydrogen-bond donors (Lipinski definition) is 1. The first-order valence-corrected chi connectivity index (χ1v) is 10.2. The lowest BCUT2D eigenvalue weighted by molar-refractivity contribution is 0.188. The van der Waals surface area contributed by atoms with Gasteiger partial charge in [-0.15, -0.1) is 11.3 Å². The van der Waals surface area contributed by atoms with Crippen molar-refractivity contribution in [1.82, 2.24) is 19.4 Å². The maximum Gasteiger partial charge on any atom is 0.272 e. The van der Waals surface area contributed by atoms with Crippen molar-refractivity contribution in [2.75, 3.05) is 44.2 Å². The molecule has 4 rings (SSSR count). The molecule has 144 valence electrons. The highest BCUT2D eigenvalue weighted by molar-refractivity contribution is 7.25. The smallest absolute Gasteiger partial charge is 0.272 e. The normalized spacial score (nSPS) is 15.9. The Bertz CT molecular complexity index is 1050. The standard InChI is InChI=1S/C19H25N5O2S/c1-4-24-18(26)16-15(14-12(2)11-13(3)20-17(14)27-16)21-19(24)23-7-5-22(6-8-23)9-10-25/h11,25H,4-10H2,1-3H3. The van der Waals surface area contributed by atoms with Crippen LogP contribution >= 0.6 is 11.3 Å².